The maximum Gasteiger partial charge on any atom is 0.313 e. The highest BCUT2D eigenvalue weighted by molar-refractivity contribution is 8.01. The van der Waals surface area contributed by atoms with Crippen molar-refractivity contribution in [3.05, 3.63) is 39.8 Å². The molecule has 0 aliphatic heterocycles. The molecule has 0 saturated carbocycles. The Bertz CT molecular complexity index is 592. The summed E-state index contributed by atoms with van der Waals surface area (Å²) in [6.45, 7) is 0.615. The van der Waals surface area contributed by atoms with E-state index in [2.05, 4.69) is 5.10 Å². The standard InChI is InChI=1S/C11H10N2O2S3/c14-9(15)7-17-10-12-13(11(16)18-10)6-8-4-2-1-3-5-8/h1-5H,6-7H2,(H,14,15). The molecule has 1 N–H and O–H groups in total. The lowest BCUT2D eigenvalue weighted by Crippen LogP contribution is -2.02. The summed E-state index contributed by atoms with van der Waals surface area (Å²) in [7, 11) is 0. The van der Waals surface area contributed by atoms with Gasteiger partial charge >= 0.3 is 5.97 Å². The molecule has 18 heavy (non-hydrogen) atoms. The predicted octanol–water partition coefficient (Wildman–Crippen LogP) is 2.90. The van der Waals surface area contributed by atoms with Crippen molar-refractivity contribution >= 4 is 41.3 Å². The van der Waals surface area contributed by atoms with Crippen LogP contribution in [0, 0.1) is 3.95 Å². The maximum atomic E-state index is 10.5. The Kier molecular flexibility index (Phi) is 4.51. The van der Waals surface area contributed by atoms with Crippen molar-refractivity contribution in [3.8, 4) is 0 Å². The van der Waals surface area contributed by atoms with Crippen LogP contribution in [0.2, 0.25) is 0 Å². The van der Waals surface area contributed by atoms with Crippen LogP contribution in [0.5, 0.6) is 0 Å². The molecular formula is C11H10N2O2S3. The molecule has 1 heterocycles. The summed E-state index contributed by atoms with van der Waals surface area (Å²) in [4.78, 5) is 10.5. The van der Waals surface area contributed by atoms with Gasteiger partial charge in [0.2, 0.25) is 0 Å². The molecule has 94 valence electrons. The largest absolute Gasteiger partial charge is 0.481 e. The average Bonchev–Trinajstić information content (AvgIpc) is 2.69. The van der Waals surface area contributed by atoms with Crippen molar-refractivity contribution in [2.45, 2.75) is 10.9 Å². The molecule has 4 nitrogen and oxygen atoms in total. The molecule has 7 heteroatoms. The van der Waals surface area contributed by atoms with Crippen LogP contribution in [0.3, 0.4) is 0 Å². The van der Waals surface area contributed by atoms with Crippen LogP contribution in [0.4, 0.5) is 0 Å². The second kappa shape index (κ2) is 6.12. The van der Waals surface area contributed by atoms with Crippen molar-refractivity contribution < 1.29 is 9.90 Å². The van der Waals surface area contributed by atoms with Crippen LogP contribution in [0.1, 0.15) is 5.56 Å². The Morgan fingerprint density at radius 1 is 1.44 bits per heavy atom. The highest BCUT2D eigenvalue weighted by Gasteiger charge is 2.07. The Morgan fingerprint density at radius 2 is 2.17 bits per heavy atom. The van der Waals surface area contributed by atoms with Gasteiger partial charge in [-0.15, -0.1) is 0 Å². The molecule has 2 rings (SSSR count). The molecule has 0 saturated heterocycles. The van der Waals surface area contributed by atoms with E-state index in [0.717, 1.165) is 5.56 Å². The first-order chi connectivity index (χ1) is 8.65. The van der Waals surface area contributed by atoms with Gasteiger partial charge in [0.1, 0.15) is 0 Å². The minimum Gasteiger partial charge on any atom is -0.481 e. The SMILES string of the molecule is O=C(O)CSc1nn(Cc2ccccc2)c(=S)s1. The predicted molar refractivity (Wildman–Crippen MR) is 74.8 cm³/mol. The summed E-state index contributed by atoms with van der Waals surface area (Å²) in [5.74, 6) is -0.844. The average molecular weight is 298 g/mol. The van der Waals surface area contributed by atoms with E-state index in [1.165, 1.54) is 23.1 Å². The van der Waals surface area contributed by atoms with Gasteiger partial charge in [-0.05, 0) is 17.8 Å². The van der Waals surface area contributed by atoms with E-state index in [1.54, 1.807) is 4.68 Å². The maximum absolute atomic E-state index is 10.5. The van der Waals surface area contributed by atoms with Crippen LogP contribution in [0.25, 0.3) is 0 Å². The molecule has 0 spiro atoms. The summed E-state index contributed by atoms with van der Waals surface area (Å²) in [5.41, 5.74) is 1.12. The van der Waals surface area contributed by atoms with Crippen molar-refractivity contribution in [1.29, 1.82) is 0 Å². The summed E-state index contributed by atoms with van der Waals surface area (Å²) in [6, 6.07) is 9.89. The van der Waals surface area contributed by atoms with Crippen molar-refractivity contribution in [1.82, 2.24) is 9.78 Å². The monoisotopic (exact) mass is 298 g/mol. The summed E-state index contributed by atoms with van der Waals surface area (Å²) < 4.78 is 3.07. The van der Waals surface area contributed by atoms with Gasteiger partial charge in [0.05, 0.1) is 12.3 Å². The molecule has 1 aromatic carbocycles. The molecule has 0 unspecified atom stereocenters. The lowest BCUT2D eigenvalue weighted by molar-refractivity contribution is -0.133. The zero-order valence-electron chi connectivity index (χ0n) is 9.28. The topological polar surface area (TPSA) is 55.1 Å². The van der Waals surface area contributed by atoms with Crippen molar-refractivity contribution in [2.75, 3.05) is 5.75 Å². The highest BCUT2D eigenvalue weighted by atomic mass is 32.2. The number of hydrogen-bond donors (Lipinski definition) is 1. The number of thioether (sulfide) groups is 1. The van der Waals surface area contributed by atoms with E-state index in [9.17, 15) is 4.79 Å². The van der Waals surface area contributed by atoms with Gasteiger partial charge in [-0.25, -0.2) is 4.68 Å². The minimum atomic E-state index is -0.851. The number of carbonyl (C=O) groups is 1. The third kappa shape index (κ3) is 3.66. The number of aliphatic carboxylic acids is 1. The third-order valence-electron chi connectivity index (χ3n) is 2.08. The van der Waals surface area contributed by atoms with Gasteiger partial charge in [-0.3, -0.25) is 4.79 Å². The smallest absolute Gasteiger partial charge is 0.313 e. The molecule has 0 amide bonds. The molecule has 0 bridgehead atoms. The normalized spacial score (nSPS) is 10.4. The third-order valence-corrected chi connectivity index (χ3v) is 4.51. The van der Waals surface area contributed by atoms with E-state index in [-0.39, 0.29) is 5.75 Å². The Hall–Kier alpha value is -1.18. The minimum absolute atomic E-state index is 0.00756. The molecule has 0 atom stereocenters. The lowest BCUT2D eigenvalue weighted by Gasteiger charge is -2.00. The summed E-state index contributed by atoms with van der Waals surface area (Å²) >= 11 is 7.75. The van der Waals surface area contributed by atoms with Gasteiger partial charge in [0.25, 0.3) is 0 Å². The van der Waals surface area contributed by atoms with Crippen LogP contribution >= 0.6 is 35.3 Å². The fourth-order valence-corrected chi connectivity index (χ4v) is 3.38. The number of rotatable bonds is 5. The van der Waals surface area contributed by atoms with E-state index in [0.29, 0.717) is 14.8 Å². The molecule has 0 radical (unpaired) electrons. The van der Waals surface area contributed by atoms with Crippen LogP contribution in [-0.4, -0.2) is 26.6 Å². The van der Waals surface area contributed by atoms with Gasteiger partial charge < -0.3 is 5.11 Å². The number of carboxylic acid groups (broad SMARTS) is 1. The molecule has 1 aromatic heterocycles. The Labute approximate surface area is 117 Å². The van der Waals surface area contributed by atoms with Gasteiger partial charge in [0, 0.05) is 0 Å². The zero-order chi connectivity index (χ0) is 13.0. The number of hydrogen-bond acceptors (Lipinski definition) is 5. The molecular weight excluding hydrogens is 288 g/mol. The number of benzene rings is 1. The first-order valence-corrected chi connectivity index (χ1v) is 7.32. The first kappa shape index (κ1) is 13.3. The van der Waals surface area contributed by atoms with Crippen molar-refractivity contribution in [3.63, 3.8) is 0 Å². The molecule has 0 fully saturated rings. The summed E-state index contributed by atoms with van der Waals surface area (Å²) in [6.07, 6.45) is 0. The fourth-order valence-electron chi connectivity index (χ4n) is 1.33. The van der Waals surface area contributed by atoms with E-state index < -0.39 is 5.97 Å². The van der Waals surface area contributed by atoms with Crippen molar-refractivity contribution in [2.24, 2.45) is 0 Å². The van der Waals surface area contributed by atoms with Crippen LogP contribution < -0.4 is 0 Å². The highest BCUT2D eigenvalue weighted by Crippen LogP contribution is 2.22. The second-order valence-corrected chi connectivity index (χ2v) is 6.30. The molecule has 2 aromatic rings. The van der Waals surface area contributed by atoms with Crippen LogP contribution in [-0.2, 0) is 11.3 Å². The number of nitrogens with zero attached hydrogens (tertiary/aromatic N) is 2. The second-order valence-electron chi connectivity index (χ2n) is 3.46. The summed E-state index contributed by atoms with van der Waals surface area (Å²) in [5, 5.41) is 12.9. The van der Waals surface area contributed by atoms with Gasteiger partial charge in [0.15, 0.2) is 8.29 Å². The van der Waals surface area contributed by atoms with E-state index >= 15 is 0 Å². The molecule has 0 aliphatic carbocycles. The lowest BCUT2D eigenvalue weighted by atomic mass is 10.2. The van der Waals surface area contributed by atoms with Gasteiger partial charge in [-0.2, -0.15) is 5.10 Å². The first-order valence-electron chi connectivity index (χ1n) is 5.11. The van der Waals surface area contributed by atoms with Gasteiger partial charge in [-0.1, -0.05) is 53.4 Å². The fraction of sp³-hybridized carbons (Fsp3) is 0.182. The van der Waals surface area contributed by atoms with Crippen LogP contribution in [0.15, 0.2) is 34.7 Å². The van der Waals surface area contributed by atoms with E-state index in [4.69, 9.17) is 17.3 Å². The quantitative estimate of drug-likeness (QED) is 0.679. The number of aromatic nitrogens is 2. The zero-order valence-corrected chi connectivity index (χ0v) is 11.7. The Morgan fingerprint density at radius 3 is 2.83 bits per heavy atom. The molecule has 0 aliphatic rings. The Balaban J connectivity index is 2.10. The number of carboxylic acids is 1. The van der Waals surface area contributed by atoms with E-state index in [1.807, 2.05) is 30.3 Å².